The topological polar surface area (TPSA) is 38.9 Å². The third kappa shape index (κ3) is 1.63. The summed E-state index contributed by atoms with van der Waals surface area (Å²) in [5, 5.41) is 0. The summed E-state index contributed by atoms with van der Waals surface area (Å²) in [6.45, 7) is 1.56. The van der Waals surface area contributed by atoms with Gasteiger partial charge >= 0.3 is 0 Å². The zero-order valence-electron chi connectivity index (χ0n) is 6.01. The Balaban J connectivity index is 3.09. The molecule has 0 saturated carbocycles. The standard InChI is InChI=1S/C7H8F2N2/c1-4-2-5(10)3-11-6(4)7(8)9/h2-3,7H,10H2,1H3. The second-order valence-corrected chi connectivity index (χ2v) is 2.27. The molecule has 0 aromatic carbocycles. The molecule has 2 N–H and O–H groups in total. The Morgan fingerprint density at radius 3 is 2.64 bits per heavy atom. The number of nitrogens with zero attached hydrogens (tertiary/aromatic N) is 1. The van der Waals surface area contributed by atoms with Crippen molar-refractivity contribution in [3.05, 3.63) is 23.5 Å². The minimum absolute atomic E-state index is 0.195. The molecule has 0 saturated heterocycles. The van der Waals surface area contributed by atoms with E-state index in [9.17, 15) is 8.78 Å². The van der Waals surface area contributed by atoms with Crippen molar-refractivity contribution in [2.45, 2.75) is 13.3 Å². The van der Waals surface area contributed by atoms with E-state index in [2.05, 4.69) is 4.98 Å². The SMILES string of the molecule is Cc1cc(N)cnc1C(F)F. The number of rotatable bonds is 1. The average Bonchev–Trinajstić information content (AvgIpc) is 1.85. The molecule has 0 atom stereocenters. The second kappa shape index (κ2) is 2.82. The van der Waals surface area contributed by atoms with Crippen LogP contribution < -0.4 is 5.73 Å². The summed E-state index contributed by atoms with van der Waals surface area (Å²) < 4.78 is 24.1. The number of nitrogens with two attached hydrogens (primary N) is 1. The summed E-state index contributed by atoms with van der Waals surface area (Å²) in [5.74, 6) is 0. The van der Waals surface area contributed by atoms with E-state index in [1.807, 2.05) is 0 Å². The maximum Gasteiger partial charge on any atom is 0.280 e. The maximum absolute atomic E-state index is 12.1. The van der Waals surface area contributed by atoms with E-state index < -0.39 is 6.43 Å². The van der Waals surface area contributed by atoms with Gasteiger partial charge in [0.25, 0.3) is 6.43 Å². The van der Waals surface area contributed by atoms with Crippen molar-refractivity contribution in [1.29, 1.82) is 0 Å². The molecule has 0 aliphatic carbocycles. The van der Waals surface area contributed by atoms with Gasteiger partial charge in [-0.05, 0) is 18.6 Å². The van der Waals surface area contributed by atoms with Crippen molar-refractivity contribution in [3.63, 3.8) is 0 Å². The first-order valence-electron chi connectivity index (χ1n) is 3.11. The Kier molecular flexibility index (Phi) is 2.03. The summed E-state index contributed by atoms with van der Waals surface area (Å²) in [5.41, 5.74) is 5.96. The lowest BCUT2D eigenvalue weighted by Crippen LogP contribution is -1.96. The van der Waals surface area contributed by atoms with E-state index in [4.69, 9.17) is 5.73 Å². The van der Waals surface area contributed by atoms with Crippen LogP contribution in [0.2, 0.25) is 0 Å². The molecule has 1 heterocycles. The van der Waals surface area contributed by atoms with Gasteiger partial charge in [-0.1, -0.05) is 0 Å². The molecule has 0 aliphatic heterocycles. The summed E-state index contributed by atoms with van der Waals surface area (Å²) in [7, 11) is 0. The maximum atomic E-state index is 12.1. The Labute approximate surface area is 63.1 Å². The van der Waals surface area contributed by atoms with E-state index in [-0.39, 0.29) is 5.69 Å². The number of aromatic nitrogens is 1. The van der Waals surface area contributed by atoms with Gasteiger partial charge < -0.3 is 5.73 Å². The molecule has 0 unspecified atom stereocenters. The molecule has 1 aromatic rings. The molecule has 0 amide bonds. The average molecular weight is 158 g/mol. The molecule has 0 bridgehead atoms. The molecule has 0 spiro atoms. The molecule has 11 heavy (non-hydrogen) atoms. The van der Waals surface area contributed by atoms with Crippen LogP contribution in [0.15, 0.2) is 12.3 Å². The molecular weight excluding hydrogens is 150 g/mol. The van der Waals surface area contributed by atoms with Crippen molar-refractivity contribution < 1.29 is 8.78 Å². The van der Waals surface area contributed by atoms with Crippen LogP contribution >= 0.6 is 0 Å². The molecule has 0 aliphatic rings. The van der Waals surface area contributed by atoms with Crippen molar-refractivity contribution in [1.82, 2.24) is 4.98 Å². The lowest BCUT2D eigenvalue weighted by Gasteiger charge is -2.02. The fraction of sp³-hybridized carbons (Fsp3) is 0.286. The zero-order chi connectivity index (χ0) is 8.43. The molecule has 1 aromatic heterocycles. The predicted molar refractivity (Wildman–Crippen MR) is 38.3 cm³/mol. The Morgan fingerprint density at radius 2 is 2.18 bits per heavy atom. The number of halogens is 2. The van der Waals surface area contributed by atoms with E-state index in [0.717, 1.165) is 0 Å². The lowest BCUT2D eigenvalue weighted by molar-refractivity contribution is 0.145. The van der Waals surface area contributed by atoms with Gasteiger partial charge in [0, 0.05) is 0 Å². The molecule has 0 radical (unpaired) electrons. The van der Waals surface area contributed by atoms with Crippen LogP contribution in [0.1, 0.15) is 17.7 Å². The number of hydrogen-bond acceptors (Lipinski definition) is 2. The highest BCUT2D eigenvalue weighted by molar-refractivity contribution is 5.39. The van der Waals surface area contributed by atoms with Crippen molar-refractivity contribution >= 4 is 5.69 Å². The van der Waals surface area contributed by atoms with E-state index in [0.29, 0.717) is 11.3 Å². The van der Waals surface area contributed by atoms with E-state index in [1.165, 1.54) is 12.3 Å². The van der Waals surface area contributed by atoms with E-state index in [1.54, 1.807) is 6.92 Å². The van der Waals surface area contributed by atoms with Crippen LogP contribution in [0, 0.1) is 6.92 Å². The van der Waals surface area contributed by atoms with Crippen LogP contribution in [0.5, 0.6) is 0 Å². The van der Waals surface area contributed by atoms with Gasteiger partial charge in [-0.25, -0.2) is 8.78 Å². The number of aryl methyl sites for hydroxylation is 1. The molecular formula is C7H8F2N2. The van der Waals surface area contributed by atoms with Crippen LogP contribution in [0.25, 0.3) is 0 Å². The largest absolute Gasteiger partial charge is 0.397 e. The van der Waals surface area contributed by atoms with Gasteiger partial charge in [0.2, 0.25) is 0 Å². The number of anilines is 1. The first kappa shape index (κ1) is 7.91. The van der Waals surface area contributed by atoms with Gasteiger partial charge in [0.15, 0.2) is 0 Å². The van der Waals surface area contributed by atoms with Gasteiger partial charge in [0.05, 0.1) is 11.9 Å². The quantitative estimate of drug-likeness (QED) is 0.678. The number of nitrogen functional groups attached to an aromatic ring is 1. The molecule has 2 nitrogen and oxygen atoms in total. The first-order valence-corrected chi connectivity index (χ1v) is 3.11. The van der Waals surface area contributed by atoms with Crippen LogP contribution in [0.4, 0.5) is 14.5 Å². The van der Waals surface area contributed by atoms with Crippen LogP contribution in [0.3, 0.4) is 0 Å². The number of pyridine rings is 1. The smallest absolute Gasteiger partial charge is 0.280 e. The zero-order valence-corrected chi connectivity index (χ0v) is 6.01. The van der Waals surface area contributed by atoms with Crippen molar-refractivity contribution in [2.24, 2.45) is 0 Å². The van der Waals surface area contributed by atoms with Gasteiger partial charge in [-0.15, -0.1) is 0 Å². The minimum atomic E-state index is -2.52. The summed E-state index contributed by atoms with van der Waals surface area (Å²) in [6.07, 6.45) is -1.29. The fourth-order valence-corrected chi connectivity index (χ4v) is 0.836. The molecule has 4 heteroatoms. The van der Waals surface area contributed by atoms with Gasteiger partial charge in [-0.2, -0.15) is 0 Å². The monoisotopic (exact) mass is 158 g/mol. The lowest BCUT2D eigenvalue weighted by atomic mass is 10.2. The normalized spacial score (nSPS) is 10.5. The highest BCUT2D eigenvalue weighted by Crippen LogP contribution is 2.20. The summed E-state index contributed by atoms with van der Waals surface area (Å²) >= 11 is 0. The van der Waals surface area contributed by atoms with Crippen LogP contribution in [-0.4, -0.2) is 4.98 Å². The summed E-state index contributed by atoms with van der Waals surface area (Å²) in [4.78, 5) is 3.50. The number of alkyl halides is 2. The predicted octanol–water partition coefficient (Wildman–Crippen LogP) is 1.91. The Bertz CT molecular complexity index is 261. The van der Waals surface area contributed by atoms with E-state index >= 15 is 0 Å². The Hall–Kier alpha value is -1.19. The van der Waals surface area contributed by atoms with Crippen molar-refractivity contribution in [2.75, 3.05) is 5.73 Å². The third-order valence-electron chi connectivity index (χ3n) is 1.35. The molecule has 1 rings (SSSR count). The number of hydrogen-bond donors (Lipinski definition) is 1. The first-order chi connectivity index (χ1) is 5.11. The third-order valence-corrected chi connectivity index (χ3v) is 1.35. The van der Waals surface area contributed by atoms with Gasteiger partial charge in [-0.3, -0.25) is 4.98 Å². The fourth-order valence-electron chi connectivity index (χ4n) is 0.836. The molecule has 0 fully saturated rings. The van der Waals surface area contributed by atoms with Gasteiger partial charge in [0.1, 0.15) is 5.69 Å². The highest BCUT2D eigenvalue weighted by Gasteiger charge is 2.11. The highest BCUT2D eigenvalue weighted by atomic mass is 19.3. The minimum Gasteiger partial charge on any atom is -0.397 e. The Morgan fingerprint density at radius 1 is 1.55 bits per heavy atom. The second-order valence-electron chi connectivity index (χ2n) is 2.27. The van der Waals surface area contributed by atoms with Crippen LogP contribution in [-0.2, 0) is 0 Å². The summed E-state index contributed by atoms with van der Waals surface area (Å²) in [6, 6.07) is 1.48. The molecule has 60 valence electrons. The van der Waals surface area contributed by atoms with Crippen molar-refractivity contribution in [3.8, 4) is 0 Å².